The molecule has 0 atom stereocenters. The highest BCUT2D eigenvalue weighted by Gasteiger charge is 2.03. The van der Waals surface area contributed by atoms with Gasteiger partial charge in [-0.05, 0) is 18.6 Å². The van der Waals surface area contributed by atoms with E-state index < -0.39 is 0 Å². The van der Waals surface area contributed by atoms with Crippen molar-refractivity contribution in [3.05, 3.63) is 34.2 Å². The maximum absolute atomic E-state index is 11.3. The largest absolute Gasteiger partial charge is 0.398 e. The molecule has 0 spiro atoms. The van der Waals surface area contributed by atoms with Gasteiger partial charge >= 0.3 is 0 Å². The molecule has 0 amide bonds. The van der Waals surface area contributed by atoms with E-state index in [9.17, 15) is 4.79 Å². The van der Waals surface area contributed by atoms with Crippen LogP contribution in [0, 0.1) is 6.92 Å². The van der Waals surface area contributed by atoms with Gasteiger partial charge in [0, 0.05) is 11.1 Å². The predicted molar refractivity (Wildman–Crippen MR) is 51.5 cm³/mol. The molecule has 0 aliphatic rings. The molecule has 0 saturated heterocycles. The summed E-state index contributed by atoms with van der Waals surface area (Å²) in [5.74, 6) is 0. The van der Waals surface area contributed by atoms with Crippen molar-refractivity contribution in [3.8, 4) is 0 Å². The molecule has 0 saturated carbocycles. The van der Waals surface area contributed by atoms with E-state index in [0.717, 1.165) is 5.56 Å². The van der Waals surface area contributed by atoms with Crippen LogP contribution in [0.3, 0.4) is 0 Å². The van der Waals surface area contributed by atoms with Crippen LogP contribution < -0.4 is 11.3 Å². The first-order valence-electron chi connectivity index (χ1n) is 3.92. The first kappa shape index (κ1) is 7.79. The number of H-pyrrole nitrogens is 1. The molecule has 0 aliphatic heterocycles. The molecule has 1 aromatic heterocycles. The van der Waals surface area contributed by atoms with Gasteiger partial charge in [0.05, 0.1) is 11.6 Å². The number of hydrogen-bond acceptors (Lipinski definition) is 3. The highest BCUT2D eigenvalue weighted by Crippen LogP contribution is 2.20. The highest BCUT2D eigenvalue weighted by atomic mass is 16.1. The number of nitrogens with zero attached hydrogens (tertiary/aromatic N) is 1. The van der Waals surface area contributed by atoms with Crippen LogP contribution in [0.25, 0.3) is 10.8 Å². The van der Waals surface area contributed by atoms with Crippen LogP contribution in [-0.4, -0.2) is 10.2 Å². The molecule has 4 nitrogen and oxygen atoms in total. The molecule has 1 aromatic carbocycles. The van der Waals surface area contributed by atoms with E-state index in [-0.39, 0.29) is 5.56 Å². The summed E-state index contributed by atoms with van der Waals surface area (Å²) in [5.41, 5.74) is 7.17. The number of aryl methyl sites for hydroxylation is 1. The summed E-state index contributed by atoms with van der Waals surface area (Å²) in [5, 5.41) is 7.35. The Morgan fingerprint density at radius 1 is 1.38 bits per heavy atom. The number of anilines is 1. The molecule has 2 aromatic rings. The van der Waals surface area contributed by atoms with Gasteiger partial charge in [-0.25, -0.2) is 5.10 Å². The lowest BCUT2D eigenvalue weighted by molar-refractivity contribution is 1.01. The van der Waals surface area contributed by atoms with Gasteiger partial charge in [0.2, 0.25) is 0 Å². The third-order valence-corrected chi connectivity index (χ3v) is 2.11. The minimum Gasteiger partial charge on any atom is -0.398 e. The van der Waals surface area contributed by atoms with Crippen molar-refractivity contribution in [3.63, 3.8) is 0 Å². The lowest BCUT2D eigenvalue weighted by Crippen LogP contribution is -2.08. The van der Waals surface area contributed by atoms with E-state index in [1.165, 1.54) is 0 Å². The number of nitrogen functional groups attached to an aromatic ring is 1. The fourth-order valence-corrected chi connectivity index (χ4v) is 1.30. The van der Waals surface area contributed by atoms with Crippen molar-refractivity contribution in [1.82, 2.24) is 10.2 Å². The average molecular weight is 175 g/mol. The van der Waals surface area contributed by atoms with E-state index in [4.69, 9.17) is 5.73 Å². The first-order chi connectivity index (χ1) is 6.20. The summed E-state index contributed by atoms with van der Waals surface area (Å²) in [6.45, 7) is 1.90. The highest BCUT2D eigenvalue weighted by molar-refractivity contribution is 5.92. The minimum absolute atomic E-state index is 0.204. The molecule has 0 radical (unpaired) electrons. The van der Waals surface area contributed by atoms with Gasteiger partial charge in [-0.3, -0.25) is 4.79 Å². The molecule has 66 valence electrons. The van der Waals surface area contributed by atoms with Crippen molar-refractivity contribution in [2.24, 2.45) is 0 Å². The Morgan fingerprint density at radius 3 is 2.92 bits per heavy atom. The summed E-state index contributed by atoms with van der Waals surface area (Å²) in [7, 11) is 0. The standard InChI is InChI=1S/C9H9N3O/c1-5-2-3-6-7(8(5)10)4-11-12-9(6)13/h2-4H,10H2,1H3,(H,12,13). The van der Waals surface area contributed by atoms with Crippen molar-refractivity contribution in [2.75, 3.05) is 5.73 Å². The molecule has 2 rings (SSSR count). The van der Waals surface area contributed by atoms with Crippen LogP contribution >= 0.6 is 0 Å². The zero-order valence-electron chi connectivity index (χ0n) is 7.16. The van der Waals surface area contributed by atoms with Crippen molar-refractivity contribution < 1.29 is 0 Å². The Labute approximate surface area is 74.4 Å². The normalized spacial score (nSPS) is 10.5. The predicted octanol–water partition coefficient (Wildman–Crippen LogP) is 0.814. The maximum atomic E-state index is 11.3. The Hall–Kier alpha value is -1.84. The maximum Gasteiger partial charge on any atom is 0.272 e. The van der Waals surface area contributed by atoms with E-state index in [1.54, 1.807) is 12.3 Å². The molecule has 13 heavy (non-hydrogen) atoms. The van der Waals surface area contributed by atoms with Crippen LogP contribution in [0.4, 0.5) is 5.69 Å². The Balaban J connectivity index is 3.03. The smallest absolute Gasteiger partial charge is 0.272 e. The van der Waals surface area contributed by atoms with Crippen LogP contribution in [0.15, 0.2) is 23.1 Å². The average Bonchev–Trinajstić information content (AvgIpc) is 2.12. The van der Waals surface area contributed by atoms with Crippen molar-refractivity contribution >= 4 is 16.5 Å². The van der Waals surface area contributed by atoms with Crippen LogP contribution in [-0.2, 0) is 0 Å². The van der Waals surface area contributed by atoms with E-state index >= 15 is 0 Å². The van der Waals surface area contributed by atoms with Gasteiger partial charge < -0.3 is 5.73 Å². The quantitative estimate of drug-likeness (QED) is 0.582. The monoisotopic (exact) mass is 175 g/mol. The second-order valence-corrected chi connectivity index (χ2v) is 2.96. The molecular weight excluding hydrogens is 166 g/mol. The van der Waals surface area contributed by atoms with Gasteiger partial charge in [0.1, 0.15) is 0 Å². The molecule has 0 fully saturated rings. The second kappa shape index (κ2) is 2.58. The SMILES string of the molecule is Cc1ccc2c(=O)[nH]ncc2c1N. The van der Waals surface area contributed by atoms with Crippen LogP contribution in [0.5, 0.6) is 0 Å². The third kappa shape index (κ3) is 1.07. The summed E-state index contributed by atoms with van der Waals surface area (Å²) in [6.07, 6.45) is 1.57. The molecule has 0 aliphatic carbocycles. The van der Waals surface area contributed by atoms with Gasteiger partial charge in [-0.2, -0.15) is 5.10 Å². The number of nitrogens with two attached hydrogens (primary N) is 1. The molecule has 4 heteroatoms. The number of fused-ring (bicyclic) bond motifs is 1. The fraction of sp³-hybridized carbons (Fsp3) is 0.111. The zero-order valence-corrected chi connectivity index (χ0v) is 7.16. The van der Waals surface area contributed by atoms with E-state index in [0.29, 0.717) is 16.5 Å². The fourth-order valence-electron chi connectivity index (χ4n) is 1.30. The van der Waals surface area contributed by atoms with E-state index in [2.05, 4.69) is 10.2 Å². The van der Waals surface area contributed by atoms with Crippen molar-refractivity contribution in [1.29, 1.82) is 0 Å². The molecule has 0 bridgehead atoms. The summed E-state index contributed by atoms with van der Waals surface area (Å²) >= 11 is 0. The van der Waals surface area contributed by atoms with Crippen molar-refractivity contribution in [2.45, 2.75) is 6.92 Å². The van der Waals surface area contributed by atoms with Gasteiger partial charge in [-0.1, -0.05) is 6.07 Å². The third-order valence-electron chi connectivity index (χ3n) is 2.11. The van der Waals surface area contributed by atoms with E-state index in [1.807, 2.05) is 13.0 Å². The number of nitrogens with one attached hydrogen (secondary N) is 1. The van der Waals surface area contributed by atoms with Gasteiger partial charge in [0.25, 0.3) is 5.56 Å². The second-order valence-electron chi connectivity index (χ2n) is 2.96. The van der Waals surface area contributed by atoms with Gasteiger partial charge in [-0.15, -0.1) is 0 Å². The minimum atomic E-state index is -0.204. The number of rotatable bonds is 0. The Bertz CT molecular complexity index is 516. The summed E-state index contributed by atoms with van der Waals surface area (Å²) < 4.78 is 0. The number of aromatic nitrogens is 2. The van der Waals surface area contributed by atoms with Crippen LogP contribution in [0.2, 0.25) is 0 Å². The summed E-state index contributed by atoms with van der Waals surface area (Å²) in [4.78, 5) is 11.3. The van der Waals surface area contributed by atoms with Gasteiger partial charge in [0.15, 0.2) is 0 Å². The molecule has 3 N–H and O–H groups in total. The topological polar surface area (TPSA) is 71.8 Å². The molecular formula is C9H9N3O. The lowest BCUT2D eigenvalue weighted by atomic mass is 10.1. The summed E-state index contributed by atoms with van der Waals surface area (Å²) in [6, 6.07) is 3.58. The number of benzene rings is 1. The molecule has 1 heterocycles. The van der Waals surface area contributed by atoms with Crippen LogP contribution in [0.1, 0.15) is 5.56 Å². The zero-order chi connectivity index (χ0) is 9.42. The number of aromatic amines is 1. The Morgan fingerprint density at radius 2 is 2.15 bits per heavy atom. The first-order valence-corrected chi connectivity index (χ1v) is 3.92. The molecule has 0 unspecified atom stereocenters. The number of hydrogen-bond donors (Lipinski definition) is 2. The lowest BCUT2D eigenvalue weighted by Gasteiger charge is -2.02. The Kier molecular flexibility index (Phi) is 1.55.